The van der Waals surface area contributed by atoms with Gasteiger partial charge in [0.05, 0.1) is 0 Å². The summed E-state index contributed by atoms with van der Waals surface area (Å²) >= 11 is 0. The molecule has 28 heavy (non-hydrogen) atoms. The van der Waals surface area contributed by atoms with Crippen LogP contribution < -0.4 is 11.1 Å². The van der Waals surface area contributed by atoms with E-state index in [-0.39, 0.29) is 11.1 Å². The molecule has 0 aliphatic carbocycles. The third kappa shape index (κ3) is 3.96. The minimum atomic E-state index is -0.0855. The van der Waals surface area contributed by atoms with Gasteiger partial charge >= 0.3 is 0 Å². The van der Waals surface area contributed by atoms with Gasteiger partial charge in [-0.2, -0.15) is 5.10 Å². The second-order valence-electron chi connectivity index (χ2n) is 7.30. The summed E-state index contributed by atoms with van der Waals surface area (Å²) in [7, 11) is 1.81. The summed E-state index contributed by atoms with van der Waals surface area (Å²) in [6.07, 6.45) is 5.50. The second-order valence-corrected chi connectivity index (χ2v) is 7.30. The van der Waals surface area contributed by atoms with Crippen molar-refractivity contribution in [2.24, 2.45) is 13.0 Å². The molecule has 146 valence electrons. The van der Waals surface area contributed by atoms with Gasteiger partial charge in [-0.1, -0.05) is 6.07 Å². The average molecular weight is 380 g/mol. The van der Waals surface area contributed by atoms with Crippen molar-refractivity contribution in [1.82, 2.24) is 29.0 Å². The fourth-order valence-electron chi connectivity index (χ4n) is 3.66. The monoisotopic (exact) mass is 380 g/mol. The van der Waals surface area contributed by atoms with Crippen LogP contribution in [-0.2, 0) is 20.1 Å². The minimum absolute atomic E-state index is 0.0231. The lowest BCUT2D eigenvalue weighted by Crippen LogP contribution is -2.37. The lowest BCUT2D eigenvalue weighted by molar-refractivity contribution is 0.160. The maximum Gasteiger partial charge on any atom is 0.266 e. The molecular formula is C20H24N6O2. The normalized spacial score (nSPS) is 15.8. The first-order valence-electron chi connectivity index (χ1n) is 9.55. The molecule has 0 N–H and O–H groups in total. The van der Waals surface area contributed by atoms with Crippen molar-refractivity contribution in [1.29, 1.82) is 0 Å². The van der Waals surface area contributed by atoms with Crippen LogP contribution in [0.2, 0.25) is 0 Å². The van der Waals surface area contributed by atoms with Crippen molar-refractivity contribution in [2.75, 3.05) is 13.1 Å². The molecule has 1 aliphatic rings. The van der Waals surface area contributed by atoms with Gasteiger partial charge in [-0.05, 0) is 50.0 Å². The molecule has 3 aromatic heterocycles. The van der Waals surface area contributed by atoms with E-state index in [2.05, 4.69) is 15.1 Å². The molecule has 8 heteroatoms. The van der Waals surface area contributed by atoms with Gasteiger partial charge in [-0.25, -0.2) is 9.36 Å². The van der Waals surface area contributed by atoms with Gasteiger partial charge in [-0.3, -0.25) is 14.5 Å². The molecule has 8 nitrogen and oxygen atoms in total. The third-order valence-electron chi connectivity index (χ3n) is 5.40. The Morgan fingerprint density at radius 3 is 2.61 bits per heavy atom. The van der Waals surface area contributed by atoms with Crippen LogP contribution in [0.4, 0.5) is 0 Å². The number of nitrogens with zero attached hydrogens (tertiary/aromatic N) is 6. The van der Waals surface area contributed by atoms with Gasteiger partial charge in [0.25, 0.3) is 5.56 Å². The van der Waals surface area contributed by atoms with E-state index >= 15 is 0 Å². The lowest BCUT2D eigenvalue weighted by atomic mass is 9.96. The highest BCUT2D eigenvalue weighted by atomic mass is 16.1. The fourth-order valence-corrected chi connectivity index (χ4v) is 3.66. The first-order chi connectivity index (χ1) is 13.6. The largest absolute Gasteiger partial charge is 0.314 e. The summed E-state index contributed by atoms with van der Waals surface area (Å²) in [5, 5.41) is 8.64. The van der Waals surface area contributed by atoms with Gasteiger partial charge < -0.3 is 4.57 Å². The molecule has 4 heterocycles. The van der Waals surface area contributed by atoms with Gasteiger partial charge in [0.1, 0.15) is 0 Å². The number of hydrogen-bond acceptors (Lipinski definition) is 5. The summed E-state index contributed by atoms with van der Waals surface area (Å²) in [6, 6.07) is 10.5. The summed E-state index contributed by atoms with van der Waals surface area (Å²) < 4.78 is 4.91. The number of piperidine rings is 1. The minimum Gasteiger partial charge on any atom is -0.314 e. The summed E-state index contributed by atoms with van der Waals surface area (Å²) in [4.78, 5) is 26.4. The van der Waals surface area contributed by atoms with Crippen LogP contribution in [0, 0.1) is 5.92 Å². The molecule has 1 fully saturated rings. The summed E-state index contributed by atoms with van der Waals surface area (Å²) in [5.74, 6) is 1.06. The number of pyridine rings is 1. The number of aromatic nitrogens is 5. The molecule has 0 atom stereocenters. The van der Waals surface area contributed by atoms with E-state index in [0.29, 0.717) is 18.3 Å². The zero-order chi connectivity index (χ0) is 19.5. The lowest BCUT2D eigenvalue weighted by Gasteiger charge is -2.32. The van der Waals surface area contributed by atoms with Crippen LogP contribution in [-0.4, -0.2) is 42.1 Å². The summed E-state index contributed by atoms with van der Waals surface area (Å²) in [5.41, 5.74) is 0.961. The highest BCUT2D eigenvalue weighted by molar-refractivity contribution is 5.17. The quantitative estimate of drug-likeness (QED) is 0.661. The van der Waals surface area contributed by atoms with E-state index in [1.54, 1.807) is 38.3 Å². The smallest absolute Gasteiger partial charge is 0.266 e. The predicted octanol–water partition coefficient (Wildman–Crippen LogP) is 1.04. The van der Waals surface area contributed by atoms with Crippen LogP contribution in [0.1, 0.15) is 18.5 Å². The van der Waals surface area contributed by atoms with Crippen molar-refractivity contribution in [3.8, 4) is 5.82 Å². The first kappa shape index (κ1) is 18.4. The SMILES string of the molecule is Cn1c(CN2CCC(Cn3nc(-n4cccn4)ccc3=O)CC2)cccc1=O. The maximum atomic E-state index is 12.2. The molecule has 0 amide bonds. The fraction of sp³-hybridized carbons (Fsp3) is 0.400. The van der Waals surface area contributed by atoms with Gasteiger partial charge in [-0.15, -0.1) is 5.10 Å². The van der Waals surface area contributed by atoms with Gasteiger partial charge in [0.2, 0.25) is 5.56 Å². The van der Waals surface area contributed by atoms with Gasteiger partial charge in [0, 0.05) is 50.4 Å². The molecule has 4 rings (SSSR count). The van der Waals surface area contributed by atoms with E-state index in [0.717, 1.165) is 38.2 Å². The maximum absolute atomic E-state index is 12.2. The van der Waals surface area contributed by atoms with Crippen LogP contribution in [0.15, 0.2) is 58.4 Å². The molecule has 1 aliphatic heterocycles. The van der Waals surface area contributed by atoms with Crippen molar-refractivity contribution in [3.63, 3.8) is 0 Å². The van der Waals surface area contributed by atoms with Crippen LogP contribution in [0.3, 0.4) is 0 Å². The van der Waals surface area contributed by atoms with Crippen LogP contribution in [0.5, 0.6) is 0 Å². The van der Waals surface area contributed by atoms with Crippen molar-refractivity contribution < 1.29 is 0 Å². The number of hydrogen-bond donors (Lipinski definition) is 0. The zero-order valence-electron chi connectivity index (χ0n) is 15.9. The second kappa shape index (κ2) is 7.93. The van der Waals surface area contributed by atoms with E-state index in [1.165, 1.54) is 0 Å². The highest BCUT2D eigenvalue weighted by Crippen LogP contribution is 2.20. The predicted molar refractivity (Wildman–Crippen MR) is 105 cm³/mol. The van der Waals surface area contributed by atoms with E-state index in [9.17, 15) is 9.59 Å². The first-order valence-corrected chi connectivity index (χ1v) is 9.55. The Morgan fingerprint density at radius 1 is 1.04 bits per heavy atom. The molecular weight excluding hydrogens is 356 g/mol. The highest BCUT2D eigenvalue weighted by Gasteiger charge is 2.21. The molecule has 0 aromatic carbocycles. The number of rotatable bonds is 5. The Bertz CT molecular complexity index is 1050. The Balaban J connectivity index is 1.38. The molecule has 0 radical (unpaired) electrons. The Hall–Kier alpha value is -3.00. The molecule has 3 aromatic rings. The molecule has 1 saturated heterocycles. The molecule has 0 spiro atoms. The molecule has 0 unspecified atom stereocenters. The molecule has 0 bridgehead atoms. The third-order valence-corrected chi connectivity index (χ3v) is 5.40. The average Bonchev–Trinajstić information content (AvgIpc) is 3.23. The van der Waals surface area contributed by atoms with Crippen LogP contribution in [0.25, 0.3) is 5.82 Å². The topological polar surface area (TPSA) is 78.0 Å². The van der Waals surface area contributed by atoms with E-state index in [1.807, 2.05) is 31.4 Å². The molecule has 0 saturated carbocycles. The van der Waals surface area contributed by atoms with Crippen molar-refractivity contribution in [3.05, 3.63) is 75.2 Å². The Kier molecular flexibility index (Phi) is 5.21. The summed E-state index contributed by atoms with van der Waals surface area (Å²) in [6.45, 7) is 3.28. The zero-order valence-corrected chi connectivity index (χ0v) is 15.9. The van der Waals surface area contributed by atoms with Crippen molar-refractivity contribution >= 4 is 0 Å². The van der Waals surface area contributed by atoms with Crippen LogP contribution >= 0.6 is 0 Å². The standard InChI is InChI=1S/C20H24N6O2/c1-23-17(4-2-5-19(23)27)15-24-12-8-16(9-13-24)14-26-20(28)7-6-18(22-26)25-11-3-10-21-25/h2-7,10-11,16H,8-9,12-15H2,1H3. The van der Waals surface area contributed by atoms with E-state index in [4.69, 9.17) is 0 Å². The van der Waals surface area contributed by atoms with E-state index < -0.39 is 0 Å². The number of likely N-dealkylation sites (tertiary alicyclic amines) is 1. The Morgan fingerprint density at radius 2 is 1.86 bits per heavy atom. The van der Waals surface area contributed by atoms with Gasteiger partial charge in [0.15, 0.2) is 5.82 Å². The Labute approximate surface area is 162 Å². The van der Waals surface area contributed by atoms with Crippen molar-refractivity contribution in [2.45, 2.75) is 25.9 Å².